The van der Waals surface area contributed by atoms with Crippen LogP contribution in [-0.4, -0.2) is 9.91 Å². The van der Waals surface area contributed by atoms with Crippen molar-refractivity contribution in [1.29, 1.82) is 0 Å². The molecule has 0 bridgehead atoms. The number of unbranched alkanes of at least 4 members (excludes halogenated alkanes) is 1. The molecule has 0 aliphatic rings. The maximum atomic E-state index is 11.0. The minimum absolute atomic E-state index is 0.240. The number of fused-ring (bicyclic) bond motifs is 1. The van der Waals surface area contributed by atoms with Gasteiger partial charge >= 0.3 is 0 Å². The third-order valence-electron chi connectivity index (χ3n) is 2.72. The van der Waals surface area contributed by atoms with Crippen LogP contribution in [0.2, 0.25) is 0 Å². The third-order valence-corrected chi connectivity index (χ3v) is 2.72. The molecule has 2 aromatic rings. The Morgan fingerprint density at radius 2 is 2.12 bits per heavy atom. The largest absolute Gasteiger partial charge is 0.353 e. The van der Waals surface area contributed by atoms with Crippen LogP contribution in [0.5, 0.6) is 0 Å². The van der Waals surface area contributed by atoms with E-state index in [1.165, 1.54) is 0 Å². The van der Waals surface area contributed by atoms with E-state index < -0.39 is 0 Å². The van der Waals surface area contributed by atoms with Crippen molar-refractivity contribution in [1.82, 2.24) is 4.98 Å². The third kappa shape index (κ3) is 1.78. The summed E-state index contributed by atoms with van der Waals surface area (Å²) in [6.07, 6.45) is 2.74. The lowest BCUT2D eigenvalue weighted by atomic mass is 10.1. The molecule has 0 aliphatic carbocycles. The molecule has 0 radical (unpaired) electrons. The summed E-state index contributed by atoms with van der Waals surface area (Å²) in [5.41, 5.74) is 1.83. The molecule has 1 aromatic heterocycles. The van der Waals surface area contributed by atoms with Gasteiger partial charge in [-0.1, -0.05) is 25.5 Å². The van der Waals surface area contributed by atoms with Crippen molar-refractivity contribution in [3.05, 3.63) is 40.1 Å². The number of benzene rings is 1. The molecule has 1 N–H and O–H groups in total. The number of nitrogens with one attached hydrogen (secondary N) is 1. The number of aromatic amines is 1. The van der Waals surface area contributed by atoms with Crippen LogP contribution in [0.1, 0.15) is 25.5 Å². The van der Waals surface area contributed by atoms with Crippen molar-refractivity contribution in [2.75, 3.05) is 0 Å². The number of hydrogen-bond donors (Lipinski definition) is 1. The standard InChI is InChI=1S/C12H14N2O2/c1-2-3-7-11-12(14(15)16)9-6-4-5-8-10(9)13-11/h4-6,8,13H,2-3,7H2,1H3. The SMILES string of the molecule is CCCCc1[nH]c2ccccc2c1[N+](=O)[O-]. The molecule has 0 unspecified atom stereocenters. The highest BCUT2D eigenvalue weighted by Gasteiger charge is 2.20. The Labute approximate surface area is 93.4 Å². The van der Waals surface area contributed by atoms with Crippen LogP contribution in [-0.2, 0) is 6.42 Å². The summed E-state index contributed by atoms with van der Waals surface area (Å²) >= 11 is 0. The topological polar surface area (TPSA) is 58.9 Å². The van der Waals surface area contributed by atoms with E-state index in [1.54, 1.807) is 6.07 Å². The Hall–Kier alpha value is -1.84. The van der Waals surface area contributed by atoms with Crippen molar-refractivity contribution < 1.29 is 4.92 Å². The van der Waals surface area contributed by atoms with Crippen molar-refractivity contribution in [2.24, 2.45) is 0 Å². The Morgan fingerprint density at radius 3 is 2.81 bits per heavy atom. The second-order valence-electron chi connectivity index (χ2n) is 3.86. The summed E-state index contributed by atoms with van der Waals surface area (Å²) < 4.78 is 0. The number of nitrogens with zero attached hydrogens (tertiary/aromatic N) is 1. The van der Waals surface area contributed by atoms with E-state index in [2.05, 4.69) is 11.9 Å². The zero-order valence-corrected chi connectivity index (χ0v) is 9.19. The molecule has 0 atom stereocenters. The lowest BCUT2D eigenvalue weighted by Crippen LogP contribution is -1.93. The monoisotopic (exact) mass is 218 g/mol. The zero-order chi connectivity index (χ0) is 11.5. The first-order chi connectivity index (χ1) is 7.74. The summed E-state index contributed by atoms with van der Waals surface area (Å²) in [7, 11) is 0. The molecule has 2 rings (SSSR count). The Kier molecular flexibility index (Phi) is 2.90. The quantitative estimate of drug-likeness (QED) is 0.631. The van der Waals surface area contributed by atoms with Gasteiger partial charge in [0.15, 0.2) is 0 Å². The van der Waals surface area contributed by atoms with E-state index in [0.29, 0.717) is 5.39 Å². The molecule has 1 aromatic carbocycles. The van der Waals surface area contributed by atoms with E-state index in [9.17, 15) is 10.1 Å². The number of rotatable bonds is 4. The van der Waals surface area contributed by atoms with Gasteiger partial charge in [-0.25, -0.2) is 0 Å². The predicted molar refractivity (Wildman–Crippen MR) is 63.6 cm³/mol. The van der Waals surface area contributed by atoms with Crippen LogP contribution < -0.4 is 0 Å². The fraction of sp³-hybridized carbons (Fsp3) is 0.333. The molecule has 16 heavy (non-hydrogen) atoms. The van der Waals surface area contributed by atoms with E-state index in [-0.39, 0.29) is 10.6 Å². The second kappa shape index (κ2) is 4.35. The second-order valence-corrected chi connectivity index (χ2v) is 3.86. The summed E-state index contributed by atoms with van der Waals surface area (Å²) in [6, 6.07) is 7.37. The van der Waals surface area contributed by atoms with Crippen LogP contribution in [0.4, 0.5) is 5.69 Å². The molecule has 0 saturated carbocycles. The summed E-state index contributed by atoms with van der Waals surface area (Å²) in [4.78, 5) is 13.9. The zero-order valence-electron chi connectivity index (χ0n) is 9.19. The summed E-state index contributed by atoms with van der Waals surface area (Å²) in [5, 5.41) is 11.8. The van der Waals surface area contributed by atoms with E-state index in [0.717, 1.165) is 30.5 Å². The molecule has 0 fully saturated rings. The van der Waals surface area contributed by atoms with Crippen LogP contribution in [0.15, 0.2) is 24.3 Å². The molecule has 0 amide bonds. The summed E-state index contributed by atoms with van der Waals surface area (Å²) in [6.45, 7) is 2.08. The number of aromatic nitrogens is 1. The van der Waals surface area contributed by atoms with Gasteiger partial charge < -0.3 is 4.98 Å². The molecule has 4 nitrogen and oxygen atoms in total. The van der Waals surface area contributed by atoms with Gasteiger partial charge in [0.2, 0.25) is 0 Å². The van der Waals surface area contributed by atoms with Crippen LogP contribution in [0.3, 0.4) is 0 Å². The summed E-state index contributed by atoms with van der Waals surface area (Å²) in [5.74, 6) is 0. The predicted octanol–water partition coefficient (Wildman–Crippen LogP) is 3.42. The smallest absolute Gasteiger partial charge is 0.297 e. The van der Waals surface area contributed by atoms with E-state index in [1.807, 2.05) is 18.2 Å². The van der Waals surface area contributed by atoms with E-state index >= 15 is 0 Å². The highest BCUT2D eigenvalue weighted by molar-refractivity contribution is 5.90. The molecule has 0 aliphatic heterocycles. The highest BCUT2D eigenvalue weighted by Crippen LogP contribution is 2.30. The highest BCUT2D eigenvalue weighted by atomic mass is 16.6. The maximum absolute atomic E-state index is 11.0. The number of H-pyrrole nitrogens is 1. The Bertz CT molecular complexity index is 517. The first-order valence-corrected chi connectivity index (χ1v) is 5.48. The average Bonchev–Trinajstić information content (AvgIpc) is 2.64. The van der Waals surface area contributed by atoms with Gasteiger partial charge in [0.1, 0.15) is 0 Å². The van der Waals surface area contributed by atoms with Crippen LogP contribution in [0, 0.1) is 10.1 Å². The number of aryl methyl sites for hydroxylation is 1. The van der Waals surface area contributed by atoms with E-state index in [4.69, 9.17) is 0 Å². The van der Waals surface area contributed by atoms with Crippen molar-refractivity contribution >= 4 is 16.6 Å². The van der Waals surface area contributed by atoms with Gasteiger partial charge in [-0.05, 0) is 25.0 Å². The molecule has 1 heterocycles. The van der Waals surface area contributed by atoms with Gasteiger partial charge in [0.05, 0.1) is 21.5 Å². The van der Waals surface area contributed by atoms with Crippen LogP contribution >= 0.6 is 0 Å². The number of hydrogen-bond acceptors (Lipinski definition) is 2. The molecule has 84 valence electrons. The van der Waals surface area contributed by atoms with Gasteiger partial charge in [0.25, 0.3) is 5.69 Å². The number of para-hydroxylation sites is 1. The number of nitro groups is 1. The van der Waals surface area contributed by atoms with Gasteiger partial charge in [-0.3, -0.25) is 10.1 Å². The Balaban J connectivity index is 2.54. The fourth-order valence-electron chi connectivity index (χ4n) is 1.93. The normalized spacial score (nSPS) is 10.8. The Morgan fingerprint density at radius 1 is 1.38 bits per heavy atom. The first-order valence-electron chi connectivity index (χ1n) is 5.48. The lowest BCUT2D eigenvalue weighted by molar-refractivity contribution is -0.383. The van der Waals surface area contributed by atoms with Crippen LogP contribution in [0.25, 0.3) is 10.9 Å². The molecular formula is C12H14N2O2. The fourth-order valence-corrected chi connectivity index (χ4v) is 1.93. The van der Waals surface area contributed by atoms with Gasteiger partial charge in [-0.2, -0.15) is 0 Å². The molecule has 0 saturated heterocycles. The van der Waals surface area contributed by atoms with Gasteiger partial charge in [0, 0.05) is 0 Å². The van der Waals surface area contributed by atoms with Crippen molar-refractivity contribution in [2.45, 2.75) is 26.2 Å². The minimum atomic E-state index is -0.288. The lowest BCUT2D eigenvalue weighted by Gasteiger charge is -1.95. The minimum Gasteiger partial charge on any atom is -0.353 e. The first kappa shape index (κ1) is 10.7. The maximum Gasteiger partial charge on any atom is 0.297 e. The average molecular weight is 218 g/mol. The van der Waals surface area contributed by atoms with Crippen molar-refractivity contribution in [3.8, 4) is 0 Å². The van der Waals surface area contributed by atoms with Crippen molar-refractivity contribution in [3.63, 3.8) is 0 Å². The molecule has 4 heteroatoms. The van der Waals surface area contributed by atoms with Gasteiger partial charge in [-0.15, -0.1) is 0 Å². The molecular weight excluding hydrogens is 204 g/mol. The molecule has 0 spiro atoms.